The Balaban J connectivity index is 1.76. The fourth-order valence-electron chi connectivity index (χ4n) is 2.66. The van der Waals surface area contributed by atoms with E-state index in [0.29, 0.717) is 5.02 Å². The number of hydrogen-bond donors (Lipinski definition) is 1. The molecule has 1 N–H and O–H groups in total. The molecule has 0 aliphatic rings. The largest absolute Gasteiger partial charge is 0.400 e. The molecule has 166 valence electrons. The van der Waals surface area contributed by atoms with Crippen molar-refractivity contribution in [3.05, 3.63) is 70.3 Å². The number of halogens is 5. The van der Waals surface area contributed by atoms with E-state index in [-0.39, 0.29) is 36.3 Å². The van der Waals surface area contributed by atoms with Crippen molar-refractivity contribution in [1.82, 2.24) is 15.2 Å². The zero-order valence-corrected chi connectivity index (χ0v) is 18.5. The van der Waals surface area contributed by atoms with Gasteiger partial charge in [0.25, 0.3) is 7.52 Å². The van der Waals surface area contributed by atoms with Crippen molar-refractivity contribution in [2.24, 2.45) is 0 Å². The molecule has 12 heteroatoms. The molecule has 0 saturated carbocycles. The maximum absolute atomic E-state index is 14.7. The molecule has 6 nitrogen and oxygen atoms in total. The van der Waals surface area contributed by atoms with Crippen molar-refractivity contribution in [2.75, 3.05) is 6.61 Å². The molecule has 0 bridgehead atoms. The molecule has 2 aromatic carbocycles. The predicted octanol–water partition coefficient (Wildman–Crippen LogP) is 6.34. The summed E-state index contributed by atoms with van der Waals surface area (Å²) in [6.45, 7) is 2.06. The standard InChI is InChI=1S/C19H17Cl2F3N3O3P/c1-2-29-31(28,25-10-12-3-7-15(20)8-4-12)11-14-6-5-13(9-16(14)22)17-26-18(30-27-17)19(21,23)24/h3-9H,2,10-11H2,1H3,(H,25,28). The normalized spacial score (nSPS) is 13.9. The van der Waals surface area contributed by atoms with Gasteiger partial charge in [0.05, 0.1) is 12.8 Å². The lowest BCUT2D eigenvalue weighted by atomic mass is 10.1. The summed E-state index contributed by atoms with van der Waals surface area (Å²) in [5.74, 6) is -2.08. The molecular formula is C19H17Cl2F3N3O3P. The predicted molar refractivity (Wildman–Crippen MR) is 111 cm³/mol. The lowest BCUT2D eigenvalue weighted by Gasteiger charge is -2.19. The molecule has 1 unspecified atom stereocenters. The van der Waals surface area contributed by atoms with E-state index in [1.165, 1.54) is 12.1 Å². The van der Waals surface area contributed by atoms with Gasteiger partial charge in [-0.2, -0.15) is 13.8 Å². The lowest BCUT2D eigenvalue weighted by Crippen LogP contribution is -2.14. The number of rotatable bonds is 9. The van der Waals surface area contributed by atoms with Crippen LogP contribution < -0.4 is 5.09 Å². The number of nitrogens with zero attached hydrogens (tertiary/aromatic N) is 2. The second kappa shape index (κ2) is 9.71. The van der Waals surface area contributed by atoms with Crippen LogP contribution in [0.1, 0.15) is 23.9 Å². The number of nitrogens with one attached hydrogen (secondary N) is 1. The van der Waals surface area contributed by atoms with Gasteiger partial charge < -0.3 is 9.05 Å². The van der Waals surface area contributed by atoms with Crippen LogP contribution in [0.25, 0.3) is 11.4 Å². The second-order valence-corrected chi connectivity index (χ2v) is 9.59. The average Bonchev–Trinajstić information content (AvgIpc) is 3.20. The lowest BCUT2D eigenvalue weighted by molar-refractivity contribution is 0.0551. The van der Waals surface area contributed by atoms with Gasteiger partial charge in [-0.1, -0.05) is 41.0 Å². The summed E-state index contributed by atoms with van der Waals surface area (Å²) in [7, 11) is -3.44. The quantitative estimate of drug-likeness (QED) is 0.277. The van der Waals surface area contributed by atoms with Crippen LogP contribution in [0.3, 0.4) is 0 Å². The van der Waals surface area contributed by atoms with Crippen molar-refractivity contribution in [2.45, 2.75) is 25.0 Å². The van der Waals surface area contributed by atoms with E-state index >= 15 is 0 Å². The summed E-state index contributed by atoms with van der Waals surface area (Å²) in [6, 6.07) is 10.7. The highest BCUT2D eigenvalue weighted by Crippen LogP contribution is 2.47. The molecule has 0 spiro atoms. The van der Waals surface area contributed by atoms with Crippen LogP contribution in [0.2, 0.25) is 5.02 Å². The summed E-state index contributed by atoms with van der Waals surface area (Å²) < 4.78 is 63.7. The zero-order valence-electron chi connectivity index (χ0n) is 16.1. The fourth-order valence-corrected chi connectivity index (χ4v) is 4.71. The van der Waals surface area contributed by atoms with Gasteiger partial charge in [-0.05, 0) is 47.9 Å². The zero-order chi connectivity index (χ0) is 22.6. The Morgan fingerprint density at radius 1 is 1.23 bits per heavy atom. The topological polar surface area (TPSA) is 77.2 Å². The molecule has 3 aromatic rings. The molecule has 0 radical (unpaired) electrons. The molecule has 0 saturated heterocycles. The van der Waals surface area contributed by atoms with Gasteiger partial charge in [0.15, 0.2) is 0 Å². The highest BCUT2D eigenvalue weighted by Gasteiger charge is 2.36. The van der Waals surface area contributed by atoms with Crippen LogP contribution >= 0.6 is 30.7 Å². The van der Waals surface area contributed by atoms with E-state index in [2.05, 4.69) is 19.8 Å². The SMILES string of the molecule is CCOP(=O)(Cc1ccc(-c2noc(C(F)(F)Cl)n2)cc1F)NCc1ccc(Cl)cc1. The fraction of sp³-hybridized carbons (Fsp3) is 0.263. The van der Waals surface area contributed by atoms with E-state index in [9.17, 15) is 17.7 Å². The first-order valence-electron chi connectivity index (χ1n) is 9.02. The minimum Gasteiger partial charge on any atom is -0.331 e. The van der Waals surface area contributed by atoms with Gasteiger partial charge in [-0.3, -0.25) is 4.57 Å². The van der Waals surface area contributed by atoms with Crippen LogP contribution in [0.15, 0.2) is 47.0 Å². The molecule has 0 fully saturated rings. The van der Waals surface area contributed by atoms with E-state index in [1.54, 1.807) is 31.2 Å². The van der Waals surface area contributed by atoms with Crippen molar-refractivity contribution >= 4 is 30.7 Å². The van der Waals surface area contributed by atoms with Crippen LogP contribution in [0.4, 0.5) is 13.2 Å². The Labute approximate surface area is 186 Å². The molecule has 1 heterocycles. The third-order valence-electron chi connectivity index (χ3n) is 4.13. The number of aromatic nitrogens is 2. The number of alkyl halides is 3. The molecule has 1 aromatic heterocycles. The average molecular weight is 494 g/mol. The highest BCUT2D eigenvalue weighted by molar-refractivity contribution is 7.56. The molecule has 1 atom stereocenters. The molecular weight excluding hydrogens is 477 g/mol. The molecule has 0 aliphatic carbocycles. The Morgan fingerprint density at radius 2 is 1.94 bits per heavy atom. The Hall–Kier alpha value is -1.90. The Morgan fingerprint density at radius 3 is 2.52 bits per heavy atom. The smallest absolute Gasteiger partial charge is 0.331 e. The van der Waals surface area contributed by atoms with Crippen LogP contribution in [0.5, 0.6) is 0 Å². The number of hydrogen-bond acceptors (Lipinski definition) is 5. The summed E-state index contributed by atoms with van der Waals surface area (Å²) in [6.07, 6.45) is -0.224. The van der Waals surface area contributed by atoms with E-state index in [0.717, 1.165) is 11.6 Å². The molecule has 0 aliphatic heterocycles. The first kappa shape index (κ1) is 23.8. The Bertz CT molecular complexity index is 1090. The molecule has 0 amide bonds. The molecule has 3 rings (SSSR count). The monoisotopic (exact) mass is 493 g/mol. The maximum Gasteiger partial charge on any atom is 0.400 e. The summed E-state index contributed by atoms with van der Waals surface area (Å²) in [5, 5.41) is 2.98. The minimum absolute atomic E-state index is 0.0949. The van der Waals surface area contributed by atoms with Gasteiger partial charge in [0.1, 0.15) is 5.82 Å². The Kier molecular flexibility index (Phi) is 7.44. The summed E-state index contributed by atoms with van der Waals surface area (Å²) >= 11 is 10.7. The van der Waals surface area contributed by atoms with E-state index in [4.69, 9.17) is 27.7 Å². The van der Waals surface area contributed by atoms with Crippen molar-refractivity contribution in [3.63, 3.8) is 0 Å². The van der Waals surface area contributed by atoms with Gasteiger partial charge in [0.2, 0.25) is 5.82 Å². The van der Waals surface area contributed by atoms with Gasteiger partial charge in [-0.15, -0.1) is 0 Å². The summed E-state index contributed by atoms with van der Waals surface area (Å²) in [5.41, 5.74) is 1.03. The number of benzene rings is 2. The van der Waals surface area contributed by atoms with Crippen LogP contribution in [-0.2, 0) is 27.2 Å². The van der Waals surface area contributed by atoms with E-state index in [1.807, 2.05) is 0 Å². The highest BCUT2D eigenvalue weighted by atomic mass is 35.5. The van der Waals surface area contributed by atoms with Crippen LogP contribution in [0, 0.1) is 5.82 Å². The second-order valence-electron chi connectivity index (χ2n) is 6.44. The van der Waals surface area contributed by atoms with Gasteiger partial charge in [-0.25, -0.2) is 9.48 Å². The maximum atomic E-state index is 14.7. The molecule has 31 heavy (non-hydrogen) atoms. The third-order valence-corrected chi connectivity index (χ3v) is 6.62. The first-order chi connectivity index (χ1) is 14.6. The van der Waals surface area contributed by atoms with Crippen LogP contribution in [-0.4, -0.2) is 16.7 Å². The van der Waals surface area contributed by atoms with Gasteiger partial charge in [0, 0.05) is 17.1 Å². The van der Waals surface area contributed by atoms with Crippen molar-refractivity contribution in [1.29, 1.82) is 0 Å². The van der Waals surface area contributed by atoms with Crippen molar-refractivity contribution in [3.8, 4) is 11.4 Å². The van der Waals surface area contributed by atoms with Gasteiger partial charge >= 0.3 is 11.3 Å². The third kappa shape index (κ3) is 6.30. The minimum atomic E-state index is -3.83. The van der Waals surface area contributed by atoms with E-state index < -0.39 is 24.6 Å². The van der Waals surface area contributed by atoms with Crippen molar-refractivity contribution < 1.29 is 26.8 Å². The first-order valence-corrected chi connectivity index (χ1v) is 11.6. The summed E-state index contributed by atoms with van der Waals surface area (Å²) in [4.78, 5) is 3.47.